The van der Waals surface area contributed by atoms with Crippen LogP contribution in [0.25, 0.3) is 0 Å². The lowest BCUT2D eigenvalue weighted by molar-refractivity contribution is -0.244. The Morgan fingerprint density at radius 2 is 1.97 bits per heavy atom. The van der Waals surface area contributed by atoms with Gasteiger partial charge in [0.2, 0.25) is 5.78 Å². The van der Waals surface area contributed by atoms with Gasteiger partial charge in [0.1, 0.15) is 0 Å². The van der Waals surface area contributed by atoms with Crippen LogP contribution in [0.4, 0.5) is 4.39 Å². The van der Waals surface area contributed by atoms with Crippen molar-refractivity contribution >= 4 is 17.9 Å². The summed E-state index contributed by atoms with van der Waals surface area (Å²) in [7, 11) is 0. The maximum atomic E-state index is 17.1. The van der Waals surface area contributed by atoms with Crippen molar-refractivity contribution in [2.75, 3.05) is 0 Å². The SMILES string of the molecule is CC1(C)O[C@@H]2CC3[C@@H]4CCC5=CC(=O)C=C[C@]5(C)[C@@]4(F)[C@@H](O)C[C@]3(C)[C@]2(C(=O)C=O)O1. The summed E-state index contributed by atoms with van der Waals surface area (Å²) < 4.78 is 29.4. The summed E-state index contributed by atoms with van der Waals surface area (Å²) in [5.41, 5.74) is -4.91. The number of aliphatic hydroxyl groups excluding tert-OH is 1. The average Bonchev–Trinajstić information content (AvgIpc) is 3.09. The summed E-state index contributed by atoms with van der Waals surface area (Å²) in [5, 5.41) is 11.3. The third-order valence-corrected chi connectivity index (χ3v) is 9.11. The molecule has 0 spiro atoms. The lowest BCUT2D eigenvalue weighted by Crippen LogP contribution is -2.69. The number of halogens is 1. The molecular formula is C24H29FO6. The fraction of sp³-hybridized carbons (Fsp3) is 0.708. The Labute approximate surface area is 180 Å². The summed E-state index contributed by atoms with van der Waals surface area (Å²) in [6, 6.07) is 0. The molecule has 1 heterocycles. The molecule has 0 radical (unpaired) electrons. The second-order valence-electron chi connectivity index (χ2n) is 10.8. The van der Waals surface area contributed by atoms with Gasteiger partial charge in [0.05, 0.1) is 12.2 Å². The van der Waals surface area contributed by atoms with E-state index in [2.05, 4.69) is 0 Å². The number of Topliss-reactive ketones (excluding diaryl/α,β-unsaturated/α-hetero) is 1. The van der Waals surface area contributed by atoms with Gasteiger partial charge in [-0.3, -0.25) is 14.4 Å². The number of rotatable bonds is 2. The van der Waals surface area contributed by atoms with E-state index in [1.54, 1.807) is 26.8 Å². The van der Waals surface area contributed by atoms with Crippen molar-refractivity contribution in [2.24, 2.45) is 22.7 Å². The number of allylic oxidation sites excluding steroid dienone is 4. The van der Waals surface area contributed by atoms with Gasteiger partial charge in [-0.15, -0.1) is 0 Å². The number of ether oxygens (including phenoxy) is 2. The quantitative estimate of drug-likeness (QED) is 0.533. The first-order chi connectivity index (χ1) is 14.4. The van der Waals surface area contributed by atoms with Crippen LogP contribution in [0.2, 0.25) is 0 Å². The first kappa shape index (κ1) is 21.2. The fourth-order valence-electron chi connectivity index (χ4n) is 7.83. The highest BCUT2D eigenvalue weighted by Crippen LogP contribution is 2.72. The Bertz CT molecular complexity index is 954. The molecule has 6 nitrogen and oxygen atoms in total. The van der Waals surface area contributed by atoms with Crippen LogP contribution in [0.1, 0.15) is 53.4 Å². The predicted molar refractivity (Wildman–Crippen MR) is 108 cm³/mol. The van der Waals surface area contributed by atoms with Crippen molar-refractivity contribution in [1.29, 1.82) is 0 Å². The molecular weight excluding hydrogens is 403 g/mol. The van der Waals surface area contributed by atoms with E-state index in [4.69, 9.17) is 9.47 Å². The van der Waals surface area contributed by atoms with Gasteiger partial charge < -0.3 is 14.6 Å². The van der Waals surface area contributed by atoms with Crippen LogP contribution in [0.3, 0.4) is 0 Å². The Hall–Kier alpha value is -1.70. The van der Waals surface area contributed by atoms with Crippen LogP contribution < -0.4 is 0 Å². The molecule has 0 aromatic carbocycles. The van der Waals surface area contributed by atoms with Gasteiger partial charge in [-0.05, 0) is 64.5 Å². The van der Waals surface area contributed by atoms with Crippen LogP contribution in [-0.2, 0) is 23.9 Å². The van der Waals surface area contributed by atoms with Gasteiger partial charge in [0, 0.05) is 16.7 Å². The molecule has 7 heteroatoms. The zero-order valence-electron chi connectivity index (χ0n) is 18.3. The van der Waals surface area contributed by atoms with Gasteiger partial charge in [0.15, 0.2) is 29.1 Å². The molecule has 1 N–H and O–H groups in total. The second kappa shape index (κ2) is 6.00. The Balaban J connectivity index is 1.65. The molecule has 0 aromatic heterocycles. The molecule has 1 unspecified atom stereocenters. The maximum Gasteiger partial charge on any atom is 0.230 e. The smallest absolute Gasteiger partial charge is 0.230 e. The first-order valence-corrected chi connectivity index (χ1v) is 11.0. The standard InChI is InChI=1S/C24H29FO6/c1-20(2)30-19-10-16-15-6-5-13-9-14(27)7-8-21(13,3)23(15,25)17(28)11-22(16,4)24(19,31-20)18(29)12-26/h7-9,12,15-17,19,28H,5-6,10-11H2,1-4H3/t15-,16?,17-,19+,21-,22-,23-,24+/m0/s1. The summed E-state index contributed by atoms with van der Waals surface area (Å²) in [5.74, 6) is -2.83. The Morgan fingerprint density at radius 1 is 1.26 bits per heavy atom. The second-order valence-corrected chi connectivity index (χ2v) is 10.8. The van der Waals surface area contributed by atoms with Gasteiger partial charge in [-0.25, -0.2) is 4.39 Å². The van der Waals surface area contributed by atoms with Gasteiger partial charge in [0.25, 0.3) is 0 Å². The van der Waals surface area contributed by atoms with Crippen molar-refractivity contribution in [2.45, 2.75) is 82.6 Å². The molecule has 0 aromatic rings. The number of ketones is 2. The van der Waals surface area contributed by atoms with Gasteiger partial charge in [-0.2, -0.15) is 0 Å². The minimum atomic E-state index is -2.00. The van der Waals surface area contributed by atoms with E-state index in [9.17, 15) is 19.5 Å². The number of carbonyl (C=O) groups is 3. The monoisotopic (exact) mass is 432 g/mol. The summed E-state index contributed by atoms with van der Waals surface area (Å²) in [4.78, 5) is 36.6. The minimum absolute atomic E-state index is 0.0369. The Kier molecular flexibility index (Phi) is 4.09. The van der Waals surface area contributed by atoms with Crippen LogP contribution in [0.5, 0.6) is 0 Å². The number of fused-ring (bicyclic) bond motifs is 7. The summed E-state index contributed by atoms with van der Waals surface area (Å²) >= 11 is 0. The van der Waals surface area contributed by atoms with Crippen LogP contribution in [0.15, 0.2) is 23.8 Å². The van der Waals surface area contributed by atoms with Crippen LogP contribution >= 0.6 is 0 Å². The lowest BCUT2D eigenvalue weighted by Gasteiger charge is -2.62. The molecule has 4 aliphatic carbocycles. The van der Waals surface area contributed by atoms with E-state index in [0.717, 1.165) is 0 Å². The van der Waals surface area contributed by atoms with Crippen molar-refractivity contribution in [1.82, 2.24) is 0 Å². The zero-order valence-corrected chi connectivity index (χ0v) is 18.3. The minimum Gasteiger partial charge on any atom is -0.390 e. The predicted octanol–water partition coefficient (Wildman–Crippen LogP) is 2.63. The normalized spacial score (nSPS) is 51.9. The third-order valence-electron chi connectivity index (χ3n) is 9.11. The highest BCUT2D eigenvalue weighted by molar-refractivity contribution is 6.29. The van der Waals surface area contributed by atoms with Crippen molar-refractivity contribution in [3.05, 3.63) is 23.8 Å². The average molecular weight is 432 g/mol. The van der Waals surface area contributed by atoms with E-state index in [1.165, 1.54) is 12.2 Å². The van der Waals surface area contributed by atoms with E-state index >= 15 is 4.39 Å². The number of hydrogen-bond acceptors (Lipinski definition) is 6. The van der Waals surface area contributed by atoms with Crippen molar-refractivity contribution in [3.8, 4) is 0 Å². The highest BCUT2D eigenvalue weighted by Gasteiger charge is 2.80. The molecule has 31 heavy (non-hydrogen) atoms. The molecule has 0 amide bonds. The molecule has 4 fully saturated rings. The van der Waals surface area contributed by atoms with E-state index in [0.29, 0.717) is 24.8 Å². The van der Waals surface area contributed by atoms with Crippen molar-refractivity contribution < 1.29 is 33.4 Å². The number of aliphatic hydroxyl groups is 1. The molecule has 1 aliphatic heterocycles. The summed E-state index contributed by atoms with van der Waals surface area (Å²) in [6.45, 7) is 6.98. The van der Waals surface area contributed by atoms with E-state index < -0.39 is 51.8 Å². The summed E-state index contributed by atoms with van der Waals surface area (Å²) in [6.07, 6.45) is 3.98. The van der Waals surface area contributed by atoms with Gasteiger partial charge in [-0.1, -0.05) is 18.6 Å². The topological polar surface area (TPSA) is 89.9 Å². The number of aldehydes is 1. The highest BCUT2D eigenvalue weighted by atomic mass is 19.1. The molecule has 1 saturated heterocycles. The number of carbonyl (C=O) groups excluding carboxylic acids is 3. The largest absolute Gasteiger partial charge is 0.390 e. The molecule has 5 rings (SSSR count). The van der Waals surface area contributed by atoms with E-state index in [1.807, 2.05) is 6.92 Å². The molecule has 168 valence electrons. The number of alkyl halides is 1. The van der Waals surface area contributed by atoms with Crippen LogP contribution in [0, 0.1) is 22.7 Å². The molecule has 5 aliphatic rings. The van der Waals surface area contributed by atoms with E-state index in [-0.39, 0.29) is 24.4 Å². The fourth-order valence-corrected chi connectivity index (χ4v) is 7.83. The molecule has 3 saturated carbocycles. The van der Waals surface area contributed by atoms with Gasteiger partial charge >= 0.3 is 0 Å². The molecule has 8 atom stereocenters. The zero-order chi connectivity index (χ0) is 22.6. The maximum absolute atomic E-state index is 17.1. The first-order valence-electron chi connectivity index (χ1n) is 11.0. The van der Waals surface area contributed by atoms with Crippen molar-refractivity contribution in [3.63, 3.8) is 0 Å². The number of hydrogen-bond donors (Lipinski definition) is 1. The Morgan fingerprint density at radius 3 is 2.65 bits per heavy atom. The van der Waals surface area contributed by atoms with Crippen LogP contribution in [-0.4, -0.2) is 52.2 Å². The molecule has 0 bridgehead atoms. The third kappa shape index (κ3) is 2.25. The lowest BCUT2D eigenvalue weighted by atomic mass is 9.44.